The number of benzene rings is 1. The van der Waals surface area contributed by atoms with E-state index in [0.717, 1.165) is 23.5 Å². The molecule has 94 valence electrons. The maximum absolute atomic E-state index is 13.2. The Morgan fingerprint density at radius 2 is 2.11 bits per heavy atom. The molecule has 2 N–H and O–H groups in total. The number of nitrogens with two attached hydrogens (primary N) is 1. The SMILES string of the molecule is CN(c1cccc(F)c1)c1ncccc1CCN. The Balaban J connectivity index is 2.36. The molecule has 0 bridgehead atoms. The van der Waals surface area contributed by atoms with Crippen LogP contribution in [0.3, 0.4) is 0 Å². The van der Waals surface area contributed by atoms with Crippen molar-refractivity contribution < 1.29 is 4.39 Å². The van der Waals surface area contributed by atoms with Gasteiger partial charge >= 0.3 is 0 Å². The highest BCUT2D eigenvalue weighted by Crippen LogP contribution is 2.25. The van der Waals surface area contributed by atoms with Crippen LogP contribution < -0.4 is 10.6 Å². The van der Waals surface area contributed by atoms with Crippen LogP contribution in [-0.2, 0) is 6.42 Å². The van der Waals surface area contributed by atoms with Crippen molar-refractivity contribution in [3.63, 3.8) is 0 Å². The Labute approximate surface area is 106 Å². The first-order chi connectivity index (χ1) is 8.72. The molecule has 3 nitrogen and oxygen atoms in total. The fraction of sp³-hybridized carbons (Fsp3) is 0.214. The summed E-state index contributed by atoms with van der Waals surface area (Å²) in [5, 5.41) is 0. The van der Waals surface area contributed by atoms with Gasteiger partial charge in [-0.25, -0.2) is 9.37 Å². The zero-order chi connectivity index (χ0) is 13.0. The van der Waals surface area contributed by atoms with Crippen molar-refractivity contribution in [2.75, 3.05) is 18.5 Å². The number of rotatable bonds is 4. The largest absolute Gasteiger partial charge is 0.330 e. The van der Waals surface area contributed by atoms with Crippen LogP contribution in [0.2, 0.25) is 0 Å². The molecule has 0 aliphatic rings. The number of pyridine rings is 1. The summed E-state index contributed by atoms with van der Waals surface area (Å²) in [7, 11) is 1.87. The molecular weight excluding hydrogens is 229 g/mol. The predicted octanol–water partition coefficient (Wildman–Crippen LogP) is 2.49. The van der Waals surface area contributed by atoms with E-state index in [-0.39, 0.29) is 5.82 Å². The maximum Gasteiger partial charge on any atom is 0.135 e. The van der Waals surface area contributed by atoms with E-state index in [1.165, 1.54) is 12.1 Å². The van der Waals surface area contributed by atoms with Gasteiger partial charge in [0.25, 0.3) is 0 Å². The smallest absolute Gasteiger partial charge is 0.135 e. The Bertz CT molecular complexity index is 528. The van der Waals surface area contributed by atoms with E-state index < -0.39 is 0 Å². The van der Waals surface area contributed by atoms with Crippen LogP contribution in [-0.4, -0.2) is 18.6 Å². The van der Waals surface area contributed by atoms with Crippen molar-refractivity contribution in [1.82, 2.24) is 4.98 Å². The first-order valence-corrected chi connectivity index (χ1v) is 5.85. The van der Waals surface area contributed by atoms with Gasteiger partial charge in [-0.15, -0.1) is 0 Å². The molecule has 2 aromatic rings. The fourth-order valence-electron chi connectivity index (χ4n) is 1.89. The number of aromatic nitrogens is 1. The zero-order valence-electron chi connectivity index (χ0n) is 10.3. The van der Waals surface area contributed by atoms with Crippen LogP contribution in [0, 0.1) is 5.82 Å². The number of hydrogen-bond donors (Lipinski definition) is 1. The van der Waals surface area contributed by atoms with Crippen molar-refractivity contribution in [2.45, 2.75) is 6.42 Å². The third-order valence-corrected chi connectivity index (χ3v) is 2.79. The average Bonchev–Trinajstić information content (AvgIpc) is 2.39. The highest BCUT2D eigenvalue weighted by Gasteiger charge is 2.10. The van der Waals surface area contributed by atoms with Gasteiger partial charge in [-0.1, -0.05) is 12.1 Å². The van der Waals surface area contributed by atoms with Gasteiger partial charge in [0.1, 0.15) is 11.6 Å². The van der Waals surface area contributed by atoms with E-state index in [1.54, 1.807) is 12.3 Å². The van der Waals surface area contributed by atoms with Crippen LogP contribution >= 0.6 is 0 Å². The molecule has 0 unspecified atom stereocenters. The summed E-state index contributed by atoms with van der Waals surface area (Å²) in [4.78, 5) is 6.22. The number of nitrogens with zero attached hydrogens (tertiary/aromatic N) is 2. The van der Waals surface area contributed by atoms with Crippen LogP contribution in [0.4, 0.5) is 15.9 Å². The highest BCUT2D eigenvalue weighted by atomic mass is 19.1. The van der Waals surface area contributed by atoms with Crippen LogP contribution in [0.25, 0.3) is 0 Å². The summed E-state index contributed by atoms with van der Waals surface area (Å²) >= 11 is 0. The van der Waals surface area contributed by atoms with Gasteiger partial charge in [-0.3, -0.25) is 0 Å². The summed E-state index contributed by atoms with van der Waals surface area (Å²) in [6.07, 6.45) is 2.48. The summed E-state index contributed by atoms with van der Waals surface area (Å²) in [5.74, 6) is 0.559. The molecular formula is C14H16FN3. The first kappa shape index (κ1) is 12.5. The molecule has 0 amide bonds. The van der Waals surface area contributed by atoms with Gasteiger partial charge in [0.2, 0.25) is 0 Å². The fourth-order valence-corrected chi connectivity index (χ4v) is 1.89. The van der Waals surface area contributed by atoms with Crippen LogP contribution in [0.1, 0.15) is 5.56 Å². The molecule has 0 saturated heterocycles. The molecule has 0 saturated carbocycles. The Morgan fingerprint density at radius 1 is 1.28 bits per heavy atom. The normalized spacial score (nSPS) is 10.4. The lowest BCUT2D eigenvalue weighted by molar-refractivity contribution is 0.628. The molecule has 0 aliphatic heterocycles. The second-order valence-corrected chi connectivity index (χ2v) is 4.06. The second kappa shape index (κ2) is 5.60. The molecule has 2 rings (SSSR count). The van der Waals surface area contributed by atoms with Crippen molar-refractivity contribution in [2.24, 2.45) is 5.73 Å². The van der Waals surface area contributed by atoms with Gasteiger partial charge in [-0.2, -0.15) is 0 Å². The molecule has 1 aromatic heterocycles. The van der Waals surface area contributed by atoms with Crippen LogP contribution in [0.5, 0.6) is 0 Å². The minimum Gasteiger partial charge on any atom is -0.330 e. The highest BCUT2D eigenvalue weighted by molar-refractivity contribution is 5.62. The molecule has 4 heteroatoms. The van der Waals surface area contributed by atoms with E-state index in [1.807, 2.05) is 30.1 Å². The average molecular weight is 245 g/mol. The minimum absolute atomic E-state index is 0.254. The topological polar surface area (TPSA) is 42.2 Å². The lowest BCUT2D eigenvalue weighted by Gasteiger charge is -2.21. The van der Waals surface area contributed by atoms with E-state index in [4.69, 9.17) is 5.73 Å². The Kier molecular flexibility index (Phi) is 3.89. The number of anilines is 2. The summed E-state index contributed by atoms with van der Waals surface area (Å²) in [6.45, 7) is 0.565. The molecule has 0 atom stereocenters. The standard InChI is InChI=1S/C14H16FN3/c1-18(13-6-2-5-12(15)10-13)14-11(7-8-16)4-3-9-17-14/h2-6,9-10H,7-8,16H2,1H3. The molecule has 1 aromatic carbocycles. The zero-order valence-corrected chi connectivity index (χ0v) is 10.3. The van der Waals surface area contributed by atoms with Crippen molar-refractivity contribution in [3.8, 4) is 0 Å². The maximum atomic E-state index is 13.2. The van der Waals surface area contributed by atoms with E-state index in [2.05, 4.69) is 4.98 Å². The molecule has 0 aliphatic carbocycles. The number of halogens is 1. The van der Waals surface area contributed by atoms with Crippen molar-refractivity contribution in [1.29, 1.82) is 0 Å². The molecule has 0 radical (unpaired) electrons. The monoisotopic (exact) mass is 245 g/mol. The Hall–Kier alpha value is -1.94. The summed E-state index contributed by atoms with van der Waals surface area (Å²) < 4.78 is 13.2. The van der Waals surface area contributed by atoms with E-state index in [9.17, 15) is 4.39 Å². The van der Waals surface area contributed by atoms with Crippen molar-refractivity contribution >= 4 is 11.5 Å². The number of hydrogen-bond acceptors (Lipinski definition) is 3. The van der Waals surface area contributed by atoms with Gasteiger partial charge in [-0.05, 0) is 42.8 Å². The lowest BCUT2D eigenvalue weighted by atomic mass is 10.1. The molecule has 18 heavy (non-hydrogen) atoms. The van der Waals surface area contributed by atoms with Gasteiger partial charge in [0.05, 0.1) is 0 Å². The van der Waals surface area contributed by atoms with E-state index in [0.29, 0.717) is 6.54 Å². The third kappa shape index (κ3) is 2.65. The van der Waals surface area contributed by atoms with Gasteiger partial charge < -0.3 is 10.6 Å². The first-order valence-electron chi connectivity index (χ1n) is 5.85. The lowest BCUT2D eigenvalue weighted by Crippen LogP contribution is -2.15. The van der Waals surface area contributed by atoms with Crippen molar-refractivity contribution in [3.05, 3.63) is 54.0 Å². The molecule has 0 fully saturated rings. The quantitative estimate of drug-likeness (QED) is 0.899. The Morgan fingerprint density at radius 3 is 2.83 bits per heavy atom. The van der Waals surface area contributed by atoms with Gasteiger partial charge in [0.15, 0.2) is 0 Å². The van der Waals surface area contributed by atoms with Gasteiger partial charge in [0, 0.05) is 18.9 Å². The second-order valence-electron chi connectivity index (χ2n) is 4.06. The molecule has 0 spiro atoms. The predicted molar refractivity (Wildman–Crippen MR) is 71.5 cm³/mol. The summed E-state index contributed by atoms with van der Waals surface area (Å²) in [5.41, 5.74) is 7.42. The third-order valence-electron chi connectivity index (χ3n) is 2.79. The summed E-state index contributed by atoms with van der Waals surface area (Å²) in [6, 6.07) is 10.3. The van der Waals surface area contributed by atoms with Crippen LogP contribution in [0.15, 0.2) is 42.6 Å². The minimum atomic E-state index is -0.254. The van der Waals surface area contributed by atoms with E-state index >= 15 is 0 Å². The molecule has 1 heterocycles.